The lowest BCUT2D eigenvalue weighted by molar-refractivity contribution is -0.127. The van der Waals surface area contributed by atoms with Gasteiger partial charge in [-0.15, -0.1) is 0 Å². The molecule has 122 valence electrons. The van der Waals surface area contributed by atoms with Crippen molar-refractivity contribution in [1.29, 1.82) is 0 Å². The molecule has 0 heterocycles. The van der Waals surface area contributed by atoms with Gasteiger partial charge in [-0.05, 0) is 36.8 Å². The van der Waals surface area contributed by atoms with E-state index >= 15 is 0 Å². The third-order valence-electron chi connectivity index (χ3n) is 3.13. The van der Waals surface area contributed by atoms with Crippen molar-refractivity contribution in [1.82, 2.24) is 5.32 Å². The summed E-state index contributed by atoms with van der Waals surface area (Å²) in [7, 11) is 0. The van der Waals surface area contributed by atoms with Crippen LogP contribution in [0.15, 0.2) is 54.6 Å². The van der Waals surface area contributed by atoms with Gasteiger partial charge in [0.2, 0.25) is 0 Å². The molecule has 0 aliphatic rings. The third-order valence-corrected chi connectivity index (χ3v) is 4.39. The Morgan fingerprint density at radius 1 is 1.22 bits per heavy atom. The van der Waals surface area contributed by atoms with E-state index in [0.717, 1.165) is 16.5 Å². The van der Waals surface area contributed by atoms with Crippen LogP contribution in [-0.4, -0.2) is 24.3 Å². The lowest BCUT2D eigenvalue weighted by atomic mass is 10.2. The first-order valence-corrected chi connectivity index (χ1v) is 9.00. The Balaban J connectivity index is 1.62. The van der Waals surface area contributed by atoms with Crippen LogP contribution in [0.25, 0.3) is 0 Å². The Kier molecular flexibility index (Phi) is 7.30. The van der Waals surface area contributed by atoms with Crippen LogP contribution >= 0.6 is 23.4 Å². The molecule has 2 rings (SSSR count). The molecule has 3 nitrogen and oxygen atoms in total. The van der Waals surface area contributed by atoms with Crippen molar-refractivity contribution >= 4 is 29.3 Å². The van der Waals surface area contributed by atoms with Crippen molar-refractivity contribution < 1.29 is 9.53 Å². The lowest BCUT2D eigenvalue weighted by Gasteiger charge is -2.14. The van der Waals surface area contributed by atoms with Crippen LogP contribution in [0.4, 0.5) is 0 Å². The minimum Gasteiger partial charge on any atom is -0.481 e. The summed E-state index contributed by atoms with van der Waals surface area (Å²) >= 11 is 7.71. The topological polar surface area (TPSA) is 38.3 Å². The molecular weight excluding hydrogens is 330 g/mol. The fourth-order valence-corrected chi connectivity index (χ4v) is 2.98. The zero-order chi connectivity index (χ0) is 16.5. The van der Waals surface area contributed by atoms with Gasteiger partial charge in [0.05, 0.1) is 0 Å². The molecule has 1 atom stereocenters. The largest absolute Gasteiger partial charge is 0.481 e. The van der Waals surface area contributed by atoms with Crippen LogP contribution in [0, 0.1) is 0 Å². The van der Waals surface area contributed by atoms with Gasteiger partial charge in [0, 0.05) is 23.1 Å². The molecule has 0 bridgehead atoms. The van der Waals surface area contributed by atoms with E-state index in [-0.39, 0.29) is 5.91 Å². The van der Waals surface area contributed by atoms with E-state index in [1.165, 1.54) is 5.56 Å². The summed E-state index contributed by atoms with van der Waals surface area (Å²) in [6.45, 7) is 2.37. The highest BCUT2D eigenvalue weighted by Gasteiger charge is 2.13. The third kappa shape index (κ3) is 6.55. The molecule has 5 heteroatoms. The summed E-state index contributed by atoms with van der Waals surface area (Å²) < 4.78 is 5.58. The average Bonchev–Trinajstić information content (AvgIpc) is 2.55. The molecule has 0 aromatic heterocycles. The summed E-state index contributed by atoms with van der Waals surface area (Å²) in [6.07, 6.45) is -0.504. The normalized spacial score (nSPS) is 11.7. The van der Waals surface area contributed by atoms with Gasteiger partial charge in [-0.25, -0.2) is 0 Å². The molecule has 0 saturated carbocycles. The van der Waals surface area contributed by atoms with Gasteiger partial charge in [0.1, 0.15) is 5.75 Å². The van der Waals surface area contributed by atoms with Gasteiger partial charge >= 0.3 is 0 Å². The highest BCUT2D eigenvalue weighted by Crippen LogP contribution is 2.16. The molecule has 0 aliphatic carbocycles. The second-order valence-electron chi connectivity index (χ2n) is 5.05. The number of carbonyl (C=O) groups is 1. The number of amides is 1. The minimum absolute atomic E-state index is 0.0998. The average molecular weight is 350 g/mol. The Labute approximate surface area is 146 Å². The van der Waals surface area contributed by atoms with E-state index in [1.807, 2.05) is 54.6 Å². The zero-order valence-corrected chi connectivity index (χ0v) is 14.6. The number of thioether (sulfide) groups is 1. The van der Waals surface area contributed by atoms with Gasteiger partial charge in [-0.2, -0.15) is 11.8 Å². The van der Waals surface area contributed by atoms with Gasteiger partial charge in [-0.3, -0.25) is 4.79 Å². The van der Waals surface area contributed by atoms with Crippen molar-refractivity contribution in [2.24, 2.45) is 0 Å². The number of nitrogens with one attached hydrogen (secondary N) is 1. The number of halogens is 1. The van der Waals surface area contributed by atoms with E-state index in [4.69, 9.17) is 16.3 Å². The van der Waals surface area contributed by atoms with Crippen LogP contribution in [0.2, 0.25) is 5.02 Å². The van der Waals surface area contributed by atoms with Gasteiger partial charge < -0.3 is 10.1 Å². The summed E-state index contributed by atoms with van der Waals surface area (Å²) in [5.41, 5.74) is 1.19. The first-order chi connectivity index (χ1) is 11.1. The predicted octanol–water partition coefficient (Wildman–Crippen LogP) is 4.16. The number of hydrogen-bond acceptors (Lipinski definition) is 3. The SMILES string of the molecule is C[C@H](Oc1ccccc1)C(=O)NCCSCc1cccc(Cl)c1. The van der Waals surface area contributed by atoms with Crippen molar-refractivity contribution in [3.8, 4) is 5.75 Å². The molecule has 0 fully saturated rings. The number of ether oxygens (including phenoxy) is 1. The smallest absolute Gasteiger partial charge is 0.260 e. The molecular formula is C18H20ClNO2S. The first kappa shape index (κ1) is 17.7. The molecule has 23 heavy (non-hydrogen) atoms. The van der Waals surface area contributed by atoms with Crippen LogP contribution in [-0.2, 0) is 10.5 Å². The number of carbonyl (C=O) groups excluding carboxylic acids is 1. The summed E-state index contributed by atoms with van der Waals surface area (Å²) in [6, 6.07) is 17.2. The number of para-hydroxylation sites is 1. The molecule has 0 unspecified atom stereocenters. The quantitative estimate of drug-likeness (QED) is 0.727. The van der Waals surface area contributed by atoms with Crippen molar-refractivity contribution in [3.05, 3.63) is 65.2 Å². The number of rotatable bonds is 8. The van der Waals surface area contributed by atoms with Crippen LogP contribution < -0.4 is 10.1 Å². The van der Waals surface area contributed by atoms with Gasteiger partial charge in [-0.1, -0.05) is 41.9 Å². The Morgan fingerprint density at radius 2 is 2.00 bits per heavy atom. The Hall–Kier alpha value is -1.65. The van der Waals surface area contributed by atoms with E-state index in [2.05, 4.69) is 5.32 Å². The second-order valence-corrected chi connectivity index (χ2v) is 6.59. The summed E-state index contributed by atoms with van der Waals surface area (Å²) in [5, 5.41) is 3.64. The van der Waals surface area contributed by atoms with Gasteiger partial charge in [0.15, 0.2) is 6.10 Å². The van der Waals surface area contributed by atoms with E-state index in [9.17, 15) is 4.79 Å². The van der Waals surface area contributed by atoms with E-state index < -0.39 is 6.10 Å². The maximum Gasteiger partial charge on any atom is 0.260 e. The minimum atomic E-state index is -0.504. The van der Waals surface area contributed by atoms with Crippen molar-refractivity contribution in [2.45, 2.75) is 18.8 Å². The molecule has 2 aromatic carbocycles. The standard InChI is InChI=1S/C18H20ClNO2S/c1-14(22-17-8-3-2-4-9-17)18(21)20-10-11-23-13-15-6-5-7-16(19)12-15/h2-9,12,14H,10-11,13H2,1H3,(H,20,21)/t14-/m0/s1. The van der Waals surface area contributed by atoms with Crippen LogP contribution in [0.3, 0.4) is 0 Å². The fraction of sp³-hybridized carbons (Fsp3) is 0.278. The van der Waals surface area contributed by atoms with Crippen molar-refractivity contribution in [3.63, 3.8) is 0 Å². The predicted molar refractivity (Wildman–Crippen MR) is 97.2 cm³/mol. The van der Waals surface area contributed by atoms with Crippen LogP contribution in [0.5, 0.6) is 5.75 Å². The maximum atomic E-state index is 12.0. The molecule has 0 spiro atoms. The maximum absolute atomic E-state index is 12.0. The zero-order valence-electron chi connectivity index (χ0n) is 13.0. The molecule has 1 amide bonds. The lowest BCUT2D eigenvalue weighted by Crippen LogP contribution is -2.37. The highest BCUT2D eigenvalue weighted by atomic mass is 35.5. The molecule has 0 saturated heterocycles. The van der Waals surface area contributed by atoms with E-state index in [1.54, 1.807) is 18.7 Å². The molecule has 0 aliphatic heterocycles. The highest BCUT2D eigenvalue weighted by molar-refractivity contribution is 7.98. The van der Waals surface area contributed by atoms with Gasteiger partial charge in [0.25, 0.3) is 5.91 Å². The fourth-order valence-electron chi connectivity index (χ4n) is 1.96. The summed E-state index contributed by atoms with van der Waals surface area (Å²) in [4.78, 5) is 12.0. The number of benzene rings is 2. The monoisotopic (exact) mass is 349 g/mol. The van der Waals surface area contributed by atoms with Crippen LogP contribution in [0.1, 0.15) is 12.5 Å². The Bertz CT molecular complexity index is 621. The second kappa shape index (κ2) is 9.48. The first-order valence-electron chi connectivity index (χ1n) is 7.47. The number of hydrogen-bond donors (Lipinski definition) is 1. The van der Waals surface area contributed by atoms with E-state index in [0.29, 0.717) is 12.3 Å². The molecule has 2 aromatic rings. The molecule has 0 radical (unpaired) electrons. The molecule has 1 N–H and O–H groups in total. The Morgan fingerprint density at radius 3 is 2.74 bits per heavy atom. The van der Waals surface area contributed by atoms with Crippen molar-refractivity contribution in [2.75, 3.05) is 12.3 Å². The summed E-state index contributed by atoms with van der Waals surface area (Å²) in [5.74, 6) is 2.32.